The van der Waals surface area contributed by atoms with E-state index in [-0.39, 0.29) is 10.8 Å². The summed E-state index contributed by atoms with van der Waals surface area (Å²) in [6.45, 7) is 2.90. The molecular weight excluding hydrogens is 227 g/mol. The maximum atomic E-state index is 13.5. The van der Waals surface area contributed by atoms with Gasteiger partial charge in [-0.2, -0.15) is 0 Å². The zero-order chi connectivity index (χ0) is 11.4. The van der Waals surface area contributed by atoms with Gasteiger partial charge in [-0.25, -0.2) is 4.39 Å². The van der Waals surface area contributed by atoms with E-state index in [1.165, 1.54) is 12.8 Å². The second-order valence-electron chi connectivity index (χ2n) is 4.19. The van der Waals surface area contributed by atoms with Crippen LogP contribution in [0, 0.1) is 11.7 Å². The molecule has 0 aliphatic carbocycles. The Morgan fingerprint density at radius 1 is 1.50 bits per heavy atom. The first-order chi connectivity index (χ1) is 7.77. The zero-order valence-electron chi connectivity index (χ0n) is 9.10. The molecule has 88 valence electrons. The van der Waals surface area contributed by atoms with Crippen LogP contribution in [0.3, 0.4) is 0 Å². The first kappa shape index (κ1) is 11.7. The Bertz CT molecular complexity index is 351. The van der Waals surface area contributed by atoms with Crippen LogP contribution in [0.5, 0.6) is 0 Å². The van der Waals surface area contributed by atoms with E-state index >= 15 is 0 Å². The summed E-state index contributed by atoms with van der Waals surface area (Å²) < 4.78 is 13.5. The highest BCUT2D eigenvalue weighted by molar-refractivity contribution is 6.31. The highest BCUT2D eigenvalue weighted by Gasteiger charge is 2.13. The van der Waals surface area contributed by atoms with Gasteiger partial charge >= 0.3 is 0 Å². The summed E-state index contributed by atoms with van der Waals surface area (Å²) in [6.07, 6.45) is 2.40. The van der Waals surface area contributed by atoms with Gasteiger partial charge in [0.2, 0.25) is 0 Å². The standard InChI is InChI=1S/C12H16ClFN2/c13-10-4-1-5-11(12(10)14)16-8-9-3-2-6-15-7-9/h1,4-5,9,15-16H,2-3,6-8H2. The minimum Gasteiger partial charge on any atom is -0.382 e. The Kier molecular flexibility index (Phi) is 4.02. The van der Waals surface area contributed by atoms with Crippen molar-refractivity contribution in [1.29, 1.82) is 0 Å². The number of rotatable bonds is 3. The molecule has 1 saturated heterocycles. The van der Waals surface area contributed by atoms with Crippen LogP contribution in [0.25, 0.3) is 0 Å². The smallest absolute Gasteiger partial charge is 0.164 e. The quantitative estimate of drug-likeness (QED) is 0.852. The monoisotopic (exact) mass is 242 g/mol. The van der Waals surface area contributed by atoms with Gasteiger partial charge in [0.05, 0.1) is 10.7 Å². The lowest BCUT2D eigenvalue weighted by Gasteiger charge is -2.23. The van der Waals surface area contributed by atoms with E-state index in [4.69, 9.17) is 11.6 Å². The van der Waals surface area contributed by atoms with Crippen LogP contribution in [0.15, 0.2) is 18.2 Å². The summed E-state index contributed by atoms with van der Waals surface area (Å²) >= 11 is 5.71. The Labute approximate surface area is 100 Å². The van der Waals surface area contributed by atoms with Crippen LogP contribution >= 0.6 is 11.6 Å². The first-order valence-corrected chi connectivity index (χ1v) is 6.04. The second kappa shape index (κ2) is 5.51. The molecule has 2 rings (SSSR count). The minimum absolute atomic E-state index is 0.173. The van der Waals surface area contributed by atoms with Gasteiger partial charge in [0.15, 0.2) is 5.82 Å². The van der Waals surface area contributed by atoms with Crippen molar-refractivity contribution >= 4 is 17.3 Å². The summed E-state index contributed by atoms with van der Waals surface area (Å²) in [7, 11) is 0. The molecule has 1 fully saturated rings. The molecule has 0 bridgehead atoms. The Morgan fingerprint density at radius 3 is 3.12 bits per heavy atom. The molecule has 4 heteroatoms. The molecule has 0 amide bonds. The lowest BCUT2D eigenvalue weighted by molar-refractivity contribution is 0.392. The van der Waals surface area contributed by atoms with Crippen molar-refractivity contribution in [3.8, 4) is 0 Å². The van der Waals surface area contributed by atoms with Gasteiger partial charge in [0, 0.05) is 6.54 Å². The topological polar surface area (TPSA) is 24.1 Å². The predicted molar refractivity (Wildman–Crippen MR) is 65.5 cm³/mol. The maximum absolute atomic E-state index is 13.5. The molecule has 1 aromatic rings. The number of hydrogen-bond donors (Lipinski definition) is 2. The Morgan fingerprint density at radius 2 is 2.38 bits per heavy atom. The fourth-order valence-corrected chi connectivity index (χ4v) is 2.17. The predicted octanol–water partition coefficient (Wildman–Crippen LogP) is 2.89. The molecular formula is C12H16ClFN2. The highest BCUT2D eigenvalue weighted by Crippen LogP contribution is 2.22. The van der Waals surface area contributed by atoms with Crippen molar-refractivity contribution in [2.75, 3.05) is 25.0 Å². The molecule has 1 aliphatic heterocycles. The fraction of sp³-hybridized carbons (Fsp3) is 0.500. The SMILES string of the molecule is Fc1c(Cl)cccc1NCC1CCCNC1. The van der Waals surface area contributed by atoms with E-state index in [1.807, 2.05) is 0 Å². The second-order valence-corrected chi connectivity index (χ2v) is 4.60. The number of benzene rings is 1. The van der Waals surface area contributed by atoms with Crippen LogP contribution in [0.2, 0.25) is 5.02 Å². The molecule has 1 atom stereocenters. The van der Waals surface area contributed by atoms with E-state index < -0.39 is 0 Å². The summed E-state index contributed by atoms with van der Waals surface area (Å²) in [5.74, 6) is 0.222. The Balaban J connectivity index is 1.91. The largest absolute Gasteiger partial charge is 0.382 e. The van der Waals surface area contributed by atoms with Crippen LogP contribution in [0.4, 0.5) is 10.1 Å². The number of anilines is 1. The molecule has 0 spiro atoms. The van der Waals surface area contributed by atoms with Crippen molar-refractivity contribution in [2.45, 2.75) is 12.8 Å². The van der Waals surface area contributed by atoms with Gasteiger partial charge in [0.25, 0.3) is 0 Å². The summed E-state index contributed by atoms with van der Waals surface area (Å²) in [5, 5.41) is 6.63. The fourth-order valence-electron chi connectivity index (χ4n) is 1.99. The molecule has 0 saturated carbocycles. The number of piperidine rings is 1. The van der Waals surface area contributed by atoms with E-state index in [2.05, 4.69) is 10.6 Å². The number of hydrogen-bond acceptors (Lipinski definition) is 2. The van der Waals surface area contributed by atoms with Crippen LogP contribution in [-0.4, -0.2) is 19.6 Å². The van der Waals surface area contributed by atoms with Crippen molar-refractivity contribution in [3.63, 3.8) is 0 Å². The first-order valence-electron chi connectivity index (χ1n) is 5.66. The molecule has 1 aromatic carbocycles. The number of nitrogens with one attached hydrogen (secondary N) is 2. The molecule has 1 aliphatic rings. The van der Waals surface area contributed by atoms with Gasteiger partial charge in [0.1, 0.15) is 0 Å². The van der Waals surface area contributed by atoms with Gasteiger partial charge in [-0.05, 0) is 44.0 Å². The van der Waals surface area contributed by atoms with E-state index in [9.17, 15) is 4.39 Å². The average Bonchev–Trinajstić information content (AvgIpc) is 2.32. The Hall–Kier alpha value is -0.800. The lowest BCUT2D eigenvalue weighted by Crippen LogP contribution is -2.33. The van der Waals surface area contributed by atoms with Crippen molar-refractivity contribution < 1.29 is 4.39 Å². The van der Waals surface area contributed by atoms with Crippen molar-refractivity contribution in [1.82, 2.24) is 5.32 Å². The van der Waals surface area contributed by atoms with Gasteiger partial charge < -0.3 is 10.6 Å². The third-order valence-corrected chi connectivity index (χ3v) is 3.22. The van der Waals surface area contributed by atoms with Crippen molar-refractivity contribution in [2.24, 2.45) is 5.92 Å². The minimum atomic E-state index is -0.354. The van der Waals surface area contributed by atoms with Gasteiger partial charge in [-0.3, -0.25) is 0 Å². The maximum Gasteiger partial charge on any atom is 0.164 e. The van der Waals surface area contributed by atoms with Crippen LogP contribution in [0.1, 0.15) is 12.8 Å². The molecule has 0 radical (unpaired) electrons. The normalized spacial score (nSPS) is 20.8. The third kappa shape index (κ3) is 2.86. The molecule has 1 heterocycles. The molecule has 0 aromatic heterocycles. The molecule has 1 unspecified atom stereocenters. The third-order valence-electron chi connectivity index (χ3n) is 2.93. The van der Waals surface area contributed by atoms with Crippen LogP contribution < -0.4 is 10.6 Å². The summed E-state index contributed by atoms with van der Waals surface area (Å²) in [5.41, 5.74) is 0.498. The van der Waals surface area contributed by atoms with E-state index in [0.717, 1.165) is 19.6 Å². The summed E-state index contributed by atoms with van der Waals surface area (Å²) in [4.78, 5) is 0. The van der Waals surface area contributed by atoms with Crippen molar-refractivity contribution in [3.05, 3.63) is 29.0 Å². The summed E-state index contributed by atoms with van der Waals surface area (Å²) in [6, 6.07) is 5.04. The van der Waals surface area contributed by atoms with Crippen LogP contribution in [-0.2, 0) is 0 Å². The van der Waals surface area contributed by atoms with Gasteiger partial charge in [-0.1, -0.05) is 17.7 Å². The molecule has 2 nitrogen and oxygen atoms in total. The lowest BCUT2D eigenvalue weighted by atomic mass is 10.00. The zero-order valence-corrected chi connectivity index (χ0v) is 9.86. The molecule has 2 N–H and O–H groups in total. The van der Waals surface area contributed by atoms with E-state index in [1.54, 1.807) is 18.2 Å². The molecule has 16 heavy (non-hydrogen) atoms. The highest BCUT2D eigenvalue weighted by atomic mass is 35.5. The van der Waals surface area contributed by atoms with Gasteiger partial charge in [-0.15, -0.1) is 0 Å². The number of halogens is 2. The average molecular weight is 243 g/mol. The van der Waals surface area contributed by atoms with E-state index in [0.29, 0.717) is 11.6 Å².